The number of nitrogens with zero attached hydrogens (tertiary/aromatic N) is 3. The Hall–Kier alpha value is -4.52. The van der Waals surface area contributed by atoms with Crippen molar-refractivity contribution in [2.75, 3.05) is 5.32 Å². The Morgan fingerprint density at radius 1 is 0.853 bits per heavy atom. The van der Waals surface area contributed by atoms with Crippen LogP contribution in [0.1, 0.15) is 17.3 Å². The van der Waals surface area contributed by atoms with Gasteiger partial charge in [0.25, 0.3) is 5.56 Å². The Morgan fingerprint density at radius 3 is 2.35 bits per heavy atom. The van der Waals surface area contributed by atoms with E-state index in [0.717, 1.165) is 38.5 Å². The Balaban J connectivity index is 1.87. The van der Waals surface area contributed by atoms with Gasteiger partial charge in [0.05, 0.1) is 39.7 Å². The van der Waals surface area contributed by atoms with Crippen LogP contribution in [-0.4, -0.2) is 18.8 Å². The molecule has 5 aromatic rings. The highest BCUT2D eigenvalue weighted by Crippen LogP contribution is 2.45. The lowest BCUT2D eigenvalue weighted by Crippen LogP contribution is -2.37. The number of rotatable bonds is 2. The van der Waals surface area contributed by atoms with Crippen molar-refractivity contribution in [2.45, 2.75) is 6.04 Å². The molecule has 0 bridgehead atoms. The minimum Gasteiger partial charge on any atom is -0.508 e. The highest BCUT2D eigenvalue weighted by atomic mass is 16.3. The summed E-state index contributed by atoms with van der Waals surface area (Å²) < 4.78 is 4.78. The summed E-state index contributed by atoms with van der Waals surface area (Å²) in [6, 6.07) is 24.3. The van der Waals surface area contributed by atoms with Gasteiger partial charge in [0.1, 0.15) is 5.75 Å². The van der Waals surface area contributed by atoms with E-state index in [-0.39, 0.29) is 17.0 Å². The molecule has 0 aliphatic carbocycles. The van der Waals surface area contributed by atoms with Gasteiger partial charge in [-0.2, -0.15) is 0 Å². The van der Waals surface area contributed by atoms with Crippen LogP contribution in [0.5, 0.6) is 5.75 Å². The van der Waals surface area contributed by atoms with E-state index >= 15 is 0 Å². The number of benzene rings is 3. The topological polar surface area (TPSA) is 81.2 Å². The SMILES string of the molecule is Cn1c(=O)c2c(-c3ccccc3)n3c(c2n(C)c1=O)[C@H](c1cccc(O)c1)Nc1ccccc1-3. The van der Waals surface area contributed by atoms with E-state index in [0.29, 0.717) is 10.9 Å². The van der Waals surface area contributed by atoms with Crippen LogP contribution in [0.2, 0.25) is 0 Å². The first kappa shape index (κ1) is 20.1. The second kappa shape index (κ2) is 7.25. The fourth-order valence-corrected chi connectivity index (χ4v) is 5.04. The third-order valence-corrected chi connectivity index (χ3v) is 6.58. The summed E-state index contributed by atoms with van der Waals surface area (Å²) in [5.41, 5.74) is 4.83. The zero-order valence-corrected chi connectivity index (χ0v) is 18.7. The van der Waals surface area contributed by atoms with Crippen molar-refractivity contribution in [3.63, 3.8) is 0 Å². The molecule has 0 unspecified atom stereocenters. The quantitative estimate of drug-likeness (QED) is 0.427. The van der Waals surface area contributed by atoms with Gasteiger partial charge in [0.2, 0.25) is 0 Å². The number of para-hydroxylation sites is 2. The van der Waals surface area contributed by atoms with Crippen molar-refractivity contribution < 1.29 is 5.11 Å². The van der Waals surface area contributed by atoms with Gasteiger partial charge in [-0.15, -0.1) is 0 Å². The lowest BCUT2D eigenvalue weighted by atomic mass is 9.99. The van der Waals surface area contributed by atoms with E-state index in [1.165, 1.54) is 7.05 Å². The first-order valence-electron chi connectivity index (χ1n) is 11.0. The van der Waals surface area contributed by atoms with Crippen molar-refractivity contribution >= 4 is 16.6 Å². The number of phenols is 1. The molecule has 168 valence electrons. The average molecular weight is 450 g/mol. The van der Waals surface area contributed by atoms with Gasteiger partial charge in [-0.25, -0.2) is 4.79 Å². The Bertz CT molecular complexity index is 1710. The molecule has 0 spiro atoms. The van der Waals surface area contributed by atoms with Gasteiger partial charge in [-0.1, -0.05) is 54.6 Å². The van der Waals surface area contributed by atoms with Crippen molar-refractivity contribution in [3.05, 3.63) is 111 Å². The Morgan fingerprint density at radius 2 is 1.59 bits per heavy atom. The van der Waals surface area contributed by atoms with Crippen LogP contribution in [0.25, 0.3) is 27.8 Å². The first-order chi connectivity index (χ1) is 16.5. The van der Waals surface area contributed by atoms with Gasteiger partial charge in [0, 0.05) is 14.1 Å². The number of anilines is 1. The Kier molecular flexibility index (Phi) is 4.29. The molecule has 2 aromatic heterocycles. The minimum absolute atomic E-state index is 0.147. The molecule has 3 aromatic carbocycles. The van der Waals surface area contributed by atoms with E-state index in [1.807, 2.05) is 60.7 Å². The smallest absolute Gasteiger partial charge is 0.331 e. The lowest BCUT2D eigenvalue weighted by Gasteiger charge is -2.31. The molecule has 1 atom stereocenters. The molecule has 34 heavy (non-hydrogen) atoms. The van der Waals surface area contributed by atoms with Crippen LogP contribution >= 0.6 is 0 Å². The van der Waals surface area contributed by atoms with E-state index in [9.17, 15) is 14.7 Å². The molecule has 1 aliphatic heterocycles. The first-order valence-corrected chi connectivity index (χ1v) is 11.0. The number of hydrogen-bond acceptors (Lipinski definition) is 4. The van der Waals surface area contributed by atoms with Crippen LogP contribution in [0.3, 0.4) is 0 Å². The second-order valence-electron chi connectivity index (χ2n) is 8.55. The normalized spacial score (nSPS) is 14.5. The maximum Gasteiger partial charge on any atom is 0.331 e. The number of aromatic hydroxyl groups is 1. The van der Waals surface area contributed by atoms with Gasteiger partial charge < -0.3 is 15.0 Å². The van der Waals surface area contributed by atoms with Crippen LogP contribution in [-0.2, 0) is 14.1 Å². The van der Waals surface area contributed by atoms with E-state index < -0.39 is 6.04 Å². The molecule has 0 radical (unpaired) electrons. The zero-order chi connectivity index (χ0) is 23.6. The minimum atomic E-state index is -0.403. The van der Waals surface area contributed by atoms with E-state index in [2.05, 4.69) is 9.88 Å². The third-order valence-electron chi connectivity index (χ3n) is 6.58. The molecule has 6 rings (SSSR count). The van der Waals surface area contributed by atoms with Gasteiger partial charge in [-0.3, -0.25) is 13.9 Å². The molecule has 0 saturated carbocycles. The van der Waals surface area contributed by atoms with Crippen molar-refractivity contribution in [3.8, 4) is 22.7 Å². The third kappa shape index (κ3) is 2.70. The van der Waals surface area contributed by atoms with Crippen molar-refractivity contribution in [1.29, 1.82) is 0 Å². The molecule has 3 heterocycles. The summed E-state index contributed by atoms with van der Waals surface area (Å²) in [7, 11) is 3.20. The van der Waals surface area contributed by atoms with Crippen LogP contribution in [0.4, 0.5) is 5.69 Å². The standard InChI is InChI=1S/C27H22N4O3/c1-29-24-21(26(33)30(2)27(29)34)23(16-9-4-3-5-10-16)31-20-14-7-6-13-19(20)28-22(25(24)31)17-11-8-12-18(32)15-17/h3-15,22,28,32H,1-2H3/t22-/m0/s1. The summed E-state index contributed by atoms with van der Waals surface area (Å²) in [6.45, 7) is 0. The summed E-state index contributed by atoms with van der Waals surface area (Å²) in [5, 5.41) is 14.3. The van der Waals surface area contributed by atoms with Crippen LogP contribution in [0.15, 0.2) is 88.5 Å². The largest absolute Gasteiger partial charge is 0.508 e. The molecular formula is C27H22N4O3. The molecule has 7 nitrogen and oxygen atoms in total. The van der Waals surface area contributed by atoms with Crippen LogP contribution in [0, 0.1) is 0 Å². The molecule has 7 heteroatoms. The average Bonchev–Trinajstić information content (AvgIpc) is 3.23. The number of hydrogen-bond donors (Lipinski definition) is 2. The molecule has 2 N–H and O–H groups in total. The summed E-state index contributed by atoms with van der Waals surface area (Å²) in [5.74, 6) is 0.147. The summed E-state index contributed by atoms with van der Waals surface area (Å²) in [4.78, 5) is 26.6. The highest BCUT2D eigenvalue weighted by Gasteiger charge is 2.34. The summed E-state index contributed by atoms with van der Waals surface area (Å²) in [6.07, 6.45) is 0. The number of fused-ring (bicyclic) bond motifs is 5. The number of phenolic OH excluding ortho intramolecular Hbond substituents is 1. The zero-order valence-electron chi connectivity index (χ0n) is 18.7. The van der Waals surface area contributed by atoms with Crippen LogP contribution < -0.4 is 16.6 Å². The molecule has 0 saturated heterocycles. The van der Waals surface area contributed by atoms with Gasteiger partial charge in [0.15, 0.2) is 0 Å². The highest BCUT2D eigenvalue weighted by molar-refractivity contribution is 5.99. The maximum absolute atomic E-state index is 13.6. The van der Waals surface area contributed by atoms with Gasteiger partial charge in [-0.05, 0) is 35.4 Å². The molecule has 0 amide bonds. The lowest BCUT2D eigenvalue weighted by molar-refractivity contribution is 0.474. The molecule has 0 fully saturated rings. The predicted octanol–water partition coefficient (Wildman–Crippen LogP) is 3.92. The molecular weight excluding hydrogens is 428 g/mol. The van der Waals surface area contributed by atoms with E-state index in [4.69, 9.17) is 0 Å². The maximum atomic E-state index is 13.6. The van der Waals surface area contributed by atoms with E-state index in [1.54, 1.807) is 29.8 Å². The fourth-order valence-electron chi connectivity index (χ4n) is 5.04. The van der Waals surface area contributed by atoms with Crippen molar-refractivity contribution in [1.82, 2.24) is 13.7 Å². The van der Waals surface area contributed by atoms with Gasteiger partial charge >= 0.3 is 5.69 Å². The Labute approximate surface area is 194 Å². The van der Waals surface area contributed by atoms with Crippen molar-refractivity contribution in [2.24, 2.45) is 14.1 Å². The number of aromatic nitrogens is 3. The molecule has 1 aliphatic rings. The number of aryl methyl sites for hydroxylation is 1. The summed E-state index contributed by atoms with van der Waals surface area (Å²) >= 11 is 0. The fraction of sp³-hybridized carbons (Fsp3) is 0.111. The predicted molar refractivity (Wildman–Crippen MR) is 133 cm³/mol. The number of nitrogens with one attached hydrogen (secondary N) is 1. The monoisotopic (exact) mass is 450 g/mol. The second-order valence-corrected chi connectivity index (χ2v) is 8.55.